The van der Waals surface area contributed by atoms with Gasteiger partial charge in [-0.25, -0.2) is 4.39 Å². The third-order valence-electron chi connectivity index (χ3n) is 4.13. The Morgan fingerprint density at radius 2 is 1.96 bits per heavy atom. The van der Waals surface area contributed by atoms with Gasteiger partial charge >= 0.3 is 0 Å². The van der Waals surface area contributed by atoms with Gasteiger partial charge in [0.1, 0.15) is 11.9 Å². The van der Waals surface area contributed by atoms with Gasteiger partial charge in [0.2, 0.25) is 5.91 Å². The summed E-state index contributed by atoms with van der Waals surface area (Å²) < 4.78 is 13.3. The van der Waals surface area contributed by atoms with E-state index in [4.69, 9.17) is 0 Å². The van der Waals surface area contributed by atoms with Crippen molar-refractivity contribution in [3.05, 3.63) is 65.0 Å². The molecule has 2 amide bonds. The summed E-state index contributed by atoms with van der Waals surface area (Å²) in [6.07, 6.45) is 0.875. The highest BCUT2D eigenvalue weighted by Crippen LogP contribution is 2.27. The molecule has 0 aromatic heterocycles. The van der Waals surface area contributed by atoms with E-state index in [9.17, 15) is 14.0 Å². The summed E-state index contributed by atoms with van der Waals surface area (Å²) in [4.78, 5) is 24.3. The number of nitrogens with one attached hydrogen (secondary N) is 3. The van der Waals surface area contributed by atoms with E-state index in [0.717, 1.165) is 17.5 Å². The standard InChI is InChI=1S/C19H20FN3O2/c1-2-9-21-18(24)12-3-6-15(7-4-12)23-19(25)17-16-8-5-14(20)10-13(16)11-22-17/h3-8,10,17,22H,2,9,11H2,1H3,(H,21,24)(H,23,25). The number of hydrogen-bond acceptors (Lipinski definition) is 3. The number of benzene rings is 2. The lowest BCUT2D eigenvalue weighted by Crippen LogP contribution is -2.28. The fourth-order valence-electron chi connectivity index (χ4n) is 2.82. The smallest absolute Gasteiger partial charge is 0.251 e. The monoisotopic (exact) mass is 341 g/mol. The third kappa shape index (κ3) is 3.85. The van der Waals surface area contributed by atoms with Gasteiger partial charge in [-0.2, -0.15) is 0 Å². The third-order valence-corrected chi connectivity index (χ3v) is 4.13. The zero-order valence-electron chi connectivity index (χ0n) is 13.9. The molecular formula is C19H20FN3O2. The van der Waals surface area contributed by atoms with Crippen molar-refractivity contribution < 1.29 is 14.0 Å². The van der Waals surface area contributed by atoms with E-state index in [1.54, 1.807) is 30.3 Å². The Morgan fingerprint density at radius 1 is 1.20 bits per heavy atom. The van der Waals surface area contributed by atoms with E-state index >= 15 is 0 Å². The van der Waals surface area contributed by atoms with Gasteiger partial charge in [0, 0.05) is 24.3 Å². The van der Waals surface area contributed by atoms with Gasteiger partial charge in [0.05, 0.1) is 0 Å². The summed E-state index contributed by atoms with van der Waals surface area (Å²) >= 11 is 0. The molecule has 130 valence electrons. The van der Waals surface area contributed by atoms with Crippen LogP contribution in [0.2, 0.25) is 0 Å². The van der Waals surface area contributed by atoms with E-state index in [1.165, 1.54) is 12.1 Å². The molecular weight excluding hydrogens is 321 g/mol. The van der Waals surface area contributed by atoms with Gasteiger partial charge in [0.25, 0.3) is 5.91 Å². The quantitative estimate of drug-likeness (QED) is 0.783. The molecule has 0 radical (unpaired) electrons. The van der Waals surface area contributed by atoms with E-state index in [1.807, 2.05) is 6.92 Å². The second-order valence-corrected chi connectivity index (χ2v) is 5.98. The molecule has 5 nitrogen and oxygen atoms in total. The Hall–Kier alpha value is -2.73. The summed E-state index contributed by atoms with van der Waals surface area (Å²) in [7, 11) is 0. The van der Waals surface area contributed by atoms with Crippen molar-refractivity contribution in [3.63, 3.8) is 0 Å². The molecule has 25 heavy (non-hydrogen) atoms. The Balaban J connectivity index is 1.65. The van der Waals surface area contributed by atoms with E-state index in [0.29, 0.717) is 24.3 Å². The number of anilines is 1. The van der Waals surface area contributed by atoms with Crippen molar-refractivity contribution >= 4 is 17.5 Å². The lowest BCUT2D eigenvalue weighted by atomic mass is 10.0. The minimum Gasteiger partial charge on any atom is -0.352 e. The lowest BCUT2D eigenvalue weighted by molar-refractivity contribution is -0.118. The molecule has 0 bridgehead atoms. The number of hydrogen-bond donors (Lipinski definition) is 3. The molecule has 6 heteroatoms. The fraction of sp³-hybridized carbons (Fsp3) is 0.263. The SMILES string of the molecule is CCCNC(=O)c1ccc(NC(=O)C2NCc3cc(F)ccc32)cc1. The van der Waals surface area contributed by atoms with E-state index in [-0.39, 0.29) is 17.6 Å². The Labute approximate surface area is 145 Å². The van der Waals surface area contributed by atoms with Crippen LogP contribution < -0.4 is 16.0 Å². The molecule has 1 aliphatic rings. The van der Waals surface area contributed by atoms with Gasteiger partial charge < -0.3 is 10.6 Å². The van der Waals surface area contributed by atoms with Gasteiger partial charge in [-0.3, -0.25) is 14.9 Å². The molecule has 2 aromatic carbocycles. The Morgan fingerprint density at radius 3 is 2.68 bits per heavy atom. The van der Waals surface area contributed by atoms with E-state index in [2.05, 4.69) is 16.0 Å². The molecule has 0 saturated heterocycles. The highest BCUT2D eigenvalue weighted by atomic mass is 19.1. The van der Waals surface area contributed by atoms with Crippen LogP contribution in [0.4, 0.5) is 10.1 Å². The highest BCUT2D eigenvalue weighted by molar-refractivity contribution is 5.98. The summed E-state index contributed by atoms with van der Waals surface area (Å²) in [5.41, 5.74) is 2.73. The fourth-order valence-corrected chi connectivity index (χ4v) is 2.82. The van der Waals surface area contributed by atoms with Crippen molar-refractivity contribution in [1.29, 1.82) is 0 Å². The maximum absolute atomic E-state index is 13.3. The van der Waals surface area contributed by atoms with Crippen LogP contribution in [0.15, 0.2) is 42.5 Å². The molecule has 3 N–H and O–H groups in total. The summed E-state index contributed by atoms with van der Waals surface area (Å²) in [6, 6.07) is 10.7. The van der Waals surface area contributed by atoms with Crippen molar-refractivity contribution in [2.24, 2.45) is 0 Å². The van der Waals surface area contributed by atoms with Gasteiger partial charge in [-0.1, -0.05) is 13.0 Å². The van der Waals surface area contributed by atoms with Crippen LogP contribution in [0.1, 0.15) is 40.9 Å². The average Bonchev–Trinajstić information content (AvgIpc) is 3.03. The maximum atomic E-state index is 13.3. The molecule has 0 saturated carbocycles. The summed E-state index contributed by atoms with van der Waals surface area (Å²) in [5, 5.41) is 8.70. The topological polar surface area (TPSA) is 70.2 Å². The molecule has 3 rings (SSSR count). The molecule has 0 aliphatic carbocycles. The maximum Gasteiger partial charge on any atom is 0.251 e. The second-order valence-electron chi connectivity index (χ2n) is 5.98. The van der Waals surface area contributed by atoms with Crippen molar-refractivity contribution in [2.75, 3.05) is 11.9 Å². The lowest BCUT2D eigenvalue weighted by Gasteiger charge is -2.13. The molecule has 1 atom stereocenters. The van der Waals surface area contributed by atoms with Crippen LogP contribution in [0, 0.1) is 5.82 Å². The number of fused-ring (bicyclic) bond motifs is 1. The zero-order valence-corrected chi connectivity index (χ0v) is 13.9. The van der Waals surface area contributed by atoms with Gasteiger partial charge in [0.15, 0.2) is 0 Å². The van der Waals surface area contributed by atoms with Crippen LogP contribution in [-0.2, 0) is 11.3 Å². The zero-order chi connectivity index (χ0) is 17.8. The summed E-state index contributed by atoms with van der Waals surface area (Å²) in [5.74, 6) is -0.653. The Bertz CT molecular complexity index is 790. The van der Waals surface area contributed by atoms with Gasteiger partial charge in [-0.05, 0) is 53.9 Å². The molecule has 2 aromatic rings. The minimum atomic E-state index is -0.511. The van der Waals surface area contributed by atoms with Crippen molar-refractivity contribution in [1.82, 2.24) is 10.6 Å². The minimum absolute atomic E-state index is 0.131. The van der Waals surface area contributed by atoms with Crippen LogP contribution in [0.25, 0.3) is 0 Å². The van der Waals surface area contributed by atoms with Crippen molar-refractivity contribution in [3.8, 4) is 0 Å². The highest BCUT2D eigenvalue weighted by Gasteiger charge is 2.28. The predicted molar refractivity (Wildman–Crippen MR) is 93.7 cm³/mol. The van der Waals surface area contributed by atoms with Crippen LogP contribution in [0.5, 0.6) is 0 Å². The van der Waals surface area contributed by atoms with Crippen LogP contribution >= 0.6 is 0 Å². The number of carbonyl (C=O) groups excluding carboxylic acids is 2. The second kappa shape index (κ2) is 7.44. The van der Waals surface area contributed by atoms with Crippen LogP contribution in [0.3, 0.4) is 0 Å². The average molecular weight is 341 g/mol. The van der Waals surface area contributed by atoms with Gasteiger partial charge in [-0.15, -0.1) is 0 Å². The Kier molecular flexibility index (Phi) is 5.09. The first-order chi connectivity index (χ1) is 12.1. The van der Waals surface area contributed by atoms with Crippen molar-refractivity contribution in [2.45, 2.75) is 25.9 Å². The largest absolute Gasteiger partial charge is 0.352 e. The predicted octanol–water partition coefficient (Wildman–Crippen LogP) is 2.75. The molecule has 1 unspecified atom stereocenters. The number of amides is 2. The summed E-state index contributed by atoms with van der Waals surface area (Å²) in [6.45, 7) is 3.08. The first kappa shape index (κ1) is 17.1. The molecule has 0 spiro atoms. The number of halogens is 1. The number of carbonyl (C=O) groups is 2. The van der Waals surface area contributed by atoms with Crippen LogP contribution in [-0.4, -0.2) is 18.4 Å². The normalized spacial score (nSPS) is 15.5. The molecule has 0 fully saturated rings. The molecule has 1 heterocycles. The first-order valence-electron chi connectivity index (χ1n) is 8.29. The first-order valence-corrected chi connectivity index (χ1v) is 8.29. The molecule has 1 aliphatic heterocycles. The number of rotatable bonds is 5. The van der Waals surface area contributed by atoms with E-state index < -0.39 is 6.04 Å².